The van der Waals surface area contributed by atoms with Crippen LogP contribution in [0, 0.1) is 19.3 Å². The van der Waals surface area contributed by atoms with E-state index >= 15 is 0 Å². The van der Waals surface area contributed by atoms with Crippen molar-refractivity contribution in [3.63, 3.8) is 0 Å². The van der Waals surface area contributed by atoms with E-state index in [0.29, 0.717) is 43.2 Å². The van der Waals surface area contributed by atoms with Crippen molar-refractivity contribution in [3.8, 4) is 0 Å². The Balaban J connectivity index is 1.32. The van der Waals surface area contributed by atoms with E-state index in [0.717, 1.165) is 30.2 Å². The van der Waals surface area contributed by atoms with E-state index < -0.39 is 15.6 Å². The van der Waals surface area contributed by atoms with Crippen molar-refractivity contribution >= 4 is 27.7 Å². The Labute approximate surface area is 194 Å². The van der Waals surface area contributed by atoms with Gasteiger partial charge in [-0.1, -0.05) is 35.5 Å². The van der Waals surface area contributed by atoms with Gasteiger partial charge in [-0.05, 0) is 50.2 Å². The summed E-state index contributed by atoms with van der Waals surface area (Å²) in [4.78, 5) is 29.1. The first-order chi connectivity index (χ1) is 15.7. The zero-order valence-corrected chi connectivity index (χ0v) is 19.8. The number of amides is 2. The molecule has 0 atom stereocenters. The molecule has 0 N–H and O–H groups in total. The molecule has 176 valence electrons. The van der Waals surface area contributed by atoms with Crippen molar-refractivity contribution < 1.29 is 22.5 Å². The second kappa shape index (κ2) is 9.13. The van der Waals surface area contributed by atoms with Crippen LogP contribution in [0.15, 0.2) is 40.3 Å². The number of benzene rings is 1. The quantitative estimate of drug-likeness (QED) is 0.665. The fraction of sp³-hybridized carbons (Fsp3) is 0.458. The zero-order valence-electron chi connectivity index (χ0n) is 19.0. The largest absolute Gasteiger partial charge is 0.361 e. The molecule has 2 amide bonds. The molecule has 2 saturated heterocycles. The van der Waals surface area contributed by atoms with E-state index in [1.807, 2.05) is 23.1 Å². The van der Waals surface area contributed by atoms with Gasteiger partial charge in [0, 0.05) is 31.6 Å². The molecule has 0 bridgehead atoms. The number of carbonyl (C=O) groups excluding carboxylic acids is 2. The van der Waals surface area contributed by atoms with Crippen molar-refractivity contribution in [1.29, 1.82) is 0 Å². The van der Waals surface area contributed by atoms with Gasteiger partial charge in [-0.2, -0.15) is 0 Å². The topological polar surface area (TPSA) is 101 Å². The van der Waals surface area contributed by atoms with Gasteiger partial charge in [-0.15, -0.1) is 0 Å². The lowest BCUT2D eigenvalue weighted by molar-refractivity contribution is -0.128. The van der Waals surface area contributed by atoms with Crippen LogP contribution in [-0.2, 0) is 14.6 Å². The van der Waals surface area contributed by atoms with Crippen molar-refractivity contribution in [1.82, 2.24) is 15.0 Å². The van der Waals surface area contributed by atoms with Crippen LogP contribution in [0.2, 0.25) is 0 Å². The summed E-state index contributed by atoms with van der Waals surface area (Å²) < 4.78 is 30.0. The molecule has 9 heteroatoms. The van der Waals surface area contributed by atoms with Gasteiger partial charge in [0.05, 0.1) is 5.69 Å². The number of nitrogens with zero attached hydrogens (tertiary/aromatic N) is 3. The molecule has 1 aromatic carbocycles. The third-order valence-electron chi connectivity index (χ3n) is 6.74. The molecule has 4 rings (SSSR count). The summed E-state index contributed by atoms with van der Waals surface area (Å²) in [5, 5.41) is 4.99. The maximum Gasteiger partial charge on any atom is 0.259 e. The lowest BCUT2D eigenvalue weighted by Crippen LogP contribution is -2.45. The molecule has 2 aliphatic heterocycles. The average molecular weight is 472 g/mol. The fourth-order valence-electron chi connectivity index (χ4n) is 4.74. The molecule has 8 nitrogen and oxygen atoms in total. The Hall–Kier alpha value is -2.94. The molecule has 2 aliphatic rings. The molecule has 1 aromatic heterocycles. The first kappa shape index (κ1) is 23.2. The minimum absolute atomic E-state index is 0.0607. The molecule has 2 fully saturated rings. The Morgan fingerprint density at radius 1 is 1.06 bits per heavy atom. The summed E-state index contributed by atoms with van der Waals surface area (Å²) >= 11 is 0. The maximum absolute atomic E-state index is 12.9. The molecular formula is C24H29N3O5S. The van der Waals surface area contributed by atoms with Gasteiger partial charge in [-0.25, -0.2) is 8.42 Å². The predicted octanol–water partition coefficient (Wildman–Crippen LogP) is 2.83. The number of hydrogen-bond donors (Lipinski definition) is 0. The first-order valence-corrected chi connectivity index (χ1v) is 12.9. The summed E-state index contributed by atoms with van der Waals surface area (Å²) in [5.74, 6) is -0.427. The van der Waals surface area contributed by atoms with Gasteiger partial charge < -0.3 is 14.3 Å². The third-order valence-corrected chi connectivity index (χ3v) is 7.94. The highest BCUT2D eigenvalue weighted by Gasteiger charge is 2.43. The van der Waals surface area contributed by atoms with Crippen LogP contribution in [0.5, 0.6) is 0 Å². The van der Waals surface area contributed by atoms with Crippen LogP contribution >= 0.6 is 0 Å². The first-order valence-electron chi connectivity index (χ1n) is 11.1. The number of likely N-dealkylation sites (tertiary alicyclic amines) is 2. The van der Waals surface area contributed by atoms with E-state index in [9.17, 15) is 18.0 Å². The summed E-state index contributed by atoms with van der Waals surface area (Å²) in [6.45, 7) is 5.79. The van der Waals surface area contributed by atoms with E-state index in [4.69, 9.17) is 4.52 Å². The van der Waals surface area contributed by atoms with E-state index in [1.165, 1.54) is 6.08 Å². The third kappa shape index (κ3) is 5.19. The highest BCUT2D eigenvalue weighted by Crippen LogP contribution is 2.40. The SMILES string of the molecule is Cc1noc(C)c1C(=O)N1CCC2(CCN(C(=O)CS(=O)(=O)C=Cc3ccccc3)C2)CC1. The van der Waals surface area contributed by atoms with Crippen LogP contribution in [0.4, 0.5) is 0 Å². The number of aryl methyl sites for hydroxylation is 2. The second-order valence-corrected chi connectivity index (χ2v) is 11.0. The number of rotatable bonds is 5. The van der Waals surface area contributed by atoms with Gasteiger partial charge in [0.25, 0.3) is 5.91 Å². The van der Waals surface area contributed by atoms with Gasteiger partial charge >= 0.3 is 0 Å². The molecule has 0 saturated carbocycles. The Morgan fingerprint density at radius 2 is 1.70 bits per heavy atom. The van der Waals surface area contributed by atoms with Crippen LogP contribution in [-0.4, -0.2) is 67.1 Å². The predicted molar refractivity (Wildman–Crippen MR) is 124 cm³/mol. The van der Waals surface area contributed by atoms with E-state index in [-0.39, 0.29) is 17.2 Å². The smallest absolute Gasteiger partial charge is 0.259 e. The molecular weight excluding hydrogens is 442 g/mol. The monoisotopic (exact) mass is 471 g/mol. The van der Waals surface area contributed by atoms with Crippen LogP contribution < -0.4 is 0 Å². The standard InChI is InChI=1S/C24H29N3O5S/c1-18-22(19(2)32-25-18)23(29)26-12-9-24(10-13-26)11-14-27(17-24)21(28)16-33(30,31)15-8-20-6-4-3-5-7-20/h3-8,15H,9-14,16-17H2,1-2H3. The maximum atomic E-state index is 12.9. The molecule has 0 unspecified atom stereocenters. The minimum atomic E-state index is -3.65. The minimum Gasteiger partial charge on any atom is -0.361 e. The second-order valence-electron chi connectivity index (χ2n) is 9.08. The van der Waals surface area contributed by atoms with E-state index in [2.05, 4.69) is 5.16 Å². The lowest BCUT2D eigenvalue weighted by Gasteiger charge is -2.39. The van der Waals surface area contributed by atoms with Crippen LogP contribution in [0.1, 0.15) is 46.6 Å². The summed E-state index contributed by atoms with van der Waals surface area (Å²) in [7, 11) is -3.65. The number of carbonyl (C=O) groups is 2. The highest BCUT2D eigenvalue weighted by atomic mass is 32.2. The molecule has 0 aliphatic carbocycles. The molecule has 3 heterocycles. The summed E-state index contributed by atoms with van der Waals surface area (Å²) in [6.07, 6.45) is 3.91. The summed E-state index contributed by atoms with van der Waals surface area (Å²) in [6, 6.07) is 9.13. The Kier molecular flexibility index (Phi) is 6.43. The van der Waals surface area contributed by atoms with Crippen molar-refractivity contribution in [3.05, 3.63) is 58.3 Å². The van der Waals surface area contributed by atoms with Crippen LogP contribution in [0.25, 0.3) is 6.08 Å². The zero-order chi connectivity index (χ0) is 23.6. The highest BCUT2D eigenvalue weighted by molar-refractivity contribution is 7.95. The normalized spacial score (nSPS) is 18.4. The Bertz CT molecular complexity index is 1140. The van der Waals surface area contributed by atoms with Crippen molar-refractivity contribution in [2.45, 2.75) is 33.1 Å². The number of piperidine rings is 1. The summed E-state index contributed by atoms with van der Waals surface area (Å²) in [5.41, 5.74) is 1.84. The number of hydrogen-bond acceptors (Lipinski definition) is 6. The number of aromatic nitrogens is 1. The molecule has 0 radical (unpaired) electrons. The van der Waals surface area contributed by atoms with Gasteiger partial charge in [0.15, 0.2) is 9.84 Å². The van der Waals surface area contributed by atoms with E-state index in [1.54, 1.807) is 30.9 Å². The number of sulfone groups is 1. The van der Waals surface area contributed by atoms with Gasteiger partial charge in [0.1, 0.15) is 17.1 Å². The average Bonchev–Trinajstić information content (AvgIpc) is 3.36. The van der Waals surface area contributed by atoms with Crippen LogP contribution in [0.3, 0.4) is 0 Å². The fourth-order valence-corrected chi connectivity index (χ4v) is 5.73. The Morgan fingerprint density at radius 3 is 2.30 bits per heavy atom. The lowest BCUT2D eigenvalue weighted by atomic mass is 9.77. The van der Waals surface area contributed by atoms with Gasteiger partial charge in [-0.3, -0.25) is 9.59 Å². The van der Waals surface area contributed by atoms with Crippen molar-refractivity contribution in [2.24, 2.45) is 5.41 Å². The van der Waals surface area contributed by atoms with Crippen molar-refractivity contribution in [2.75, 3.05) is 31.9 Å². The molecule has 2 aromatic rings. The van der Waals surface area contributed by atoms with Gasteiger partial charge in [0.2, 0.25) is 5.91 Å². The molecule has 1 spiro atoms. The molecule has 33 heavy (non-hydrogen) atoms.